The van der Waals surface area contributed by atoms with E-state index >= 15 is 0 Å². The van der Waals surface area contributed by atoms with Gasteiger partial charge in [-0.25, -0.2) is 0 Å². The lowest BCUT2D eigenvalue weighted by Gasteiger charge is -2.14. The van der Waals surface area contributed by atoms with Crippen molar-refractivity contribution in [3.05, 3.63) is 65.7 Å². The van der Waals surface area contributed by atoms with Crippen LogP contribution in [0.1, 0.15) is 36.2 Å². The van der Waals surface area contributed by atoms with Crippen molar-refractivity contribution in [2.75, 3.05) is 0 Å². The highest BCUT2D eigenvalue weighted by molar-refractivity contribution is 8.00. The van der Waals surface area contributed by atoms with E-state index in [0.29, 0.717) is 10.7 Å². The van der Waals surface area contributed by atoms with E-state index in [-0.39, 0.29) is 11.8 Å². The summed E-state index contributed by atoms with van der Waals surface area (Å²) in [6.07, 6.45) is 0.915. The molecule has 0 aliphatic rings. The van der Waals surface area contributed by atoms with E-state index in [1.165, 1.54) is 11.8 Å². The van der Waals surface area contributed by atoms with Gasteiger partial charge in [0.25, 0.3) is 11.8 Å². The van der Waals surface area contributed by atoms with E-state index in [9.17, 15) is 9.59 Å². The largest absolute Gasteiger partial charge is 0.302 e. The van der Waals surface area contributed by atoms with Gasteiger partial charge in [-0.15, -0.1) is 10.2 Å². The first kappa shape index (κ1) is 21.6. The standard InChI is InChI=1S/C22H25N5O2S/c1-4-13-27-19(18-12-8-9-15(2)14-18)23-26-22(27)30-16(3)20(28)24-25-21(29)17-10-6-5-7-11-17/h5-12,14,16H,4,13H2,1-3H3,(H,24,28)(H,25,29)/t16-/m0/s1. The Morgan fingerprint density at radius 1 is 1.07 bits per heavy atom. The average molecular weight is 424 g/mol. The van der Waals surface area contributed by atoms with E-state index in [2.05, 4.69) is 34.0 Å². The number of hydrogen-bond donors (Lipinski definition) is 2. The number of nitrogens with zero attached hydrogens (tertiary/aromatic N) is 3. The number of nitrogens with one attached hydrogen (secondary N) is 2. The number of aryl methyl sites for hydroxylation is 1. The summed E-state index contributed by atoms with van der Waals surface area (Å²) in [5.74, 6) is 0.109. The molecule has 3 rings (SSSR count). The predicted molar refractivity (Wildman–Crippen MR) is 118 cm³/mol. The molecule has 7 nitrogen and oxygen atoms in total. The van der Waals surface area contributed by atoms with Crippen molar-refractivity contribution in [3.63, 3.8) is 0 Å². The number of aromatic nitrogens is 3. The van der Waals surface area contributed by atoms with Gasteiger partial charge in [-0.05, 0) is 38.5 Å². The topological polar surface area (TPSA) is 88.9 Å². The Hall–Kier alpha value is -3.13. The van der Waals surface area contributed by atoms with Crippen molar-refractivity contribution in [1.82, 2.24) is 25.6 Å². The van der Waals surface area contributed by atoms with Crippen LogP contribution >= 0.6 is 11.8 Å². The maximum Gasteiger partial charge on any atom is 0.269 e. The third kappa shape index (κ3) is 5.27. The molecule has 156 valence electrons. The summed E-state index contributed by atoms with van der Waals surface area (Å²) < 4.78 is 2.03. The molecule has 0 aliphatic carbocycles. The summed E-state index contributed by atoms with van der Waals surface area (Å²) >= 11 is 1.31. The van der Waals surface area contributed by atoms with Crippen LogP contribution in [0.4, 0.5) is 0 Å². The maximum absolute atomic E-state index is 12.5. The number of rotatable bonds is 7. The summed E-state index contributed by atoms with van der Waals surface area (Å²) in [6.45, 7) is 6.64. The van der Waals surface area contributed by atoms with E-state index in [0.717, 1.165) is 29.9 Å². The lowest BCUT2D eigenvalue weighted by molar-refractivity contribution is -0.121. The van der Waals surface area contributed by atoms with E-state index in [1.807, 2.05) is 35.8 Å². The van der Waals surface area contributed by atoms with Gasteiger partial charge in [0, 0.05) is 17.7 Å². The van der Waals surface area contributed by atoms with Crippen LogP contribution in [0.2, 0.25) is 0 Å². The Bertz CT molecular complexity index is 1020. The quantitative estimate of drug-likeness (QED) is 0.448. The minimum atomic E-state index is -0.466. The fraction of sp³-hybridized carbons (Fsp3) is 0.273. The van der Waals surface area contributed by atoms with Gasteiger partial charge in [0.15, 0.2) is 11.0 Å². The highest BCUT2D eigenvalue weighted by atomic mass is 32.2. The van der Waals surface area contributed by atoms with Crippen LogP contribution in [-0.2, 0) is 11.3 Å². The molecule has 2 N–H and O–H groups in total. The monoisotopic (exact) mass is 423 g/mol. The number of hydrogen-bond acceptors (Lipinski definition) is 5. The van der Waals surface area contributed by atoms with Crippen LogP contribution in [0.15, 0.2) is 59.8 Å². The molecular weight excluding hydrogens is 398 g/mol. The second kappa shape index (κ2) is 10.1. The fourth-order valence-corrected chi connectivity index (χ4v) is 3.77. The molecule has 0 bridgehead atoms. The molecule has 1 atom stereocenters. The molecule has 0 aliphatic heterocycles. The molecule has 2 aromatic carbocycles. The summed E-state index contributed by atoms with van der Waals surface area (Å²) in [5, 5.41) is 8.88. The number of hydrazine groups is 1. The van der Waals surface area contributed by atoms with Gasteiger partial charge in [-0.3, -0.25) is 20.4 Å². The lowest BCUT2D eigenvalue weighted by atomic mass is 10.1. The molecule has 0 radical (unpaired) electrons. The Kier molecular flexibility index (Phi) is 7.24. The third-order valence-corrected chi connectivity index (χ3v) is 5.51. The Balaban J connectivity index is 1.67. The van der Waals surface area contributed by atoms with Crippen molar-refractivity contribution < 1.29 is 9.59 Å². The van der Waals surface area contributed by atoms with Gasteiger partial charge in [-0.1, -0.05) is 60.6 Å². The molecule has 3 aromatic rings. The minimum absolute atomic E-state index is 0.313. The van der Waals surface area contributed by atoms with Gasteiger partial charge < -0.3 is 4.57 Å². The van der Waals surface area contributed by atoms with Crippen LogP contribution in [0.25, 0.3) is 11.4 Å². The van der Waals surface area contributed by atoms with E-state index < -0.39 is 5.25 Å². The molecule has 0 fully saturated rings. The highest BCUT2D eigenvalue weighted by Crippen LogP contribution is 2.27. The molecule has 0 unspecified atom stereocenters. The van der Waals surface area contributed by atoms with E-state index in [1.54, 1.807) is 31.2 Å². The number of thioether (sulfide) groups is 1. The lowest BCUT2D eigenvalue weighted by Crippen LogP contribution is -2.44. The van der Waals surface area contributed by atoms with Gasteiger partial charge in [0.2, 0.25) is 0 Å². The molecule has 0 saturated carbocycles. The molecule has 2 amide bonds. The van der Waals surface area contributed by atoms with Crippen molar-refractivity contribution in [1.29, 1.82) is 0 Å². The molecule has 8 heteroatoms. The molecule has 0 saturated heterocycles. The summed E-state index contributed by atoms with van der Waals surface area (Å²) in [4.78, 5) is 24.6. The van der Waals surface area contributed by atoms with Crippen LogP contribution in [-0.4, -0.2) is 31.8 Å². The SMILES string of the molecule is CCCn1c(S[C@@H](C)C(=O)NNC(=O)c2ccccc2)nnc1-c1cccc(C)c1. The number of benzene rings is 2. The average Bonchev–Trinajstić information content (AvgIpc) is 3.14. The summed E-state index contributed by atoms with van der Waals surface area (Å²) in [6, 6.07) is 16.8. The zero-order valence-corrected chi connectivity index (χ0v) is 18.1. The number of carbonyl (C=O) groups excluding carboxylic acids is 2. The van der Waals surface area contributed by atoms with Crippen molar-refractivity contribution in [3.8, 4) is 11.4 Å². The first-order valence-corrected chi connectivity index (χ1v) is 10.7. The number of amides is 2. The Morgan fingerprint density at radius 2 is 1.83 bits per heavy atom. The van der Waals surface area contributed by atoms with Gasteiger partial charge in [0.05, 0.1) is 5.25 Å². The third-order valence-electron chi connectivity index (χ3n) is 4.43. The van der Waals surface area contributed by atoms with Crippen LogP contribution in [0.3, 0.4) is 0 Å². The minimum Gasteiger partial charge on any atom is -0.302 e. The van der Waals surface area contributed by atoms with Crippen molar-refractivity contribution in [2.24, 2.45) is 0 Å². The van der Waals surface area contributed by atoms with E-state index in [4.69, 9.17) is 0 Å². The second-order valence-electron chi connectivity index (χ2n) is 6.90. The van der Waals surface area contributed by atoms with Crippen molar-refractivity contribution in [2.45, 2.75) is 44.1 Å². The fourth-order valence-electron chi connectivity index (χ4n) is 2.89. The first-order valence-electron chi connectivity index (χ1n) is 9.81. The smallest absolute Gasteiger partial charge is 0.269 e. The van der Waals surface area contributed by atoms with Gasteiger partial charge >= 0.3 is 0 Å². The zero-order chi connectivity index (χ0) is 21.5. The van der Waals surface area contributed by atoms with Gasteiger partial charge in [0.1, 0.15) is 0 Å². The second-order valence-corrected chi connectivity index (χ2v) is 8.20. The first-order chi connectivity index (χ1) is 14.5. The molecule has 30 heavy (non-hydrogen) atoms. The Morgan fingerprint density at radius 3 is 2.53 bits per heavy atom. The summed E-state index contributed by atoms with van der Waals surface area (Å²) in [5.41, 5.74) is 7.55. The van der Waals surface area contributed by atoms with Crippen LogP contribution in [0.5, 0.6) is 0 Å². The molecular formula is C22H25N5O2S. The summed E-state index contributed by atoms with van der Waals surface area (Å²) in [7, 11) is 0. The molecule has 0 spiro atoms. The van der Waals surface area contributed by atoms with Gasteiger partial charge in [-0.2, -0.15) is 0 Å². The van der Waals surface area contributed by atoms with Crippen molar-refractivity contribution >= 4 is 23.6 Å². The maximum atomic E-state index is 12.5. The van der Waals surface area contributed by atoms with Crippen LogP contribution < -0.4 is 10.9 Å². The normalized spacial score (nSPS) is 11.7. The van der Waals surface area contributed by atoms with Crippen LogP contribution in [0, 0.1) is 6.92 Å². The Labute approximate surface area is 180 Å². The highest BCUT2D eigenvalue weighted by Gasteiger charge is 2.21. The predicted octanol–water partition coefficient (Wildman–Crippen LogP) is 3.61. The molecule has 1 heterocycles. The zero-order valence-electron chi connectivity index (χ0n) is 17.3. The number of carbonyl (C=O) groups is 2. The molecule has 1 aromatic heterocycles.